The van der Waals surface area contributed by atoms with E-state index in [-0.39, 0.29) is 57.4 Å². The fourth-order valence-electron chi connectivity index (χ4n) is 7.34. The quantitative estimate of drug-likeness (QED) is 0.176. The number of piperazine rings is 1. The van der Waals surface area contributed by atoms with Crippen molar-refractivity contribution in [2.45, 2.75) is 70.8 Å². The van der Waals surface area contributed by atoms with Gasteiger partial charge in [-0.3, -0.25) is 10.2 Å². The van der Waals surface area contributed by atoms with E-state index in [2.05, 4.69) is 15.3 Å². The Morgan fingerprint density at radius 2 is 1.83 bits per heavy atom. The fourth-order valence-corrected chi connectivity index (χ4v) is 8.41. The van der Waals surface area contributed by atoms with Crippen LogP contribution in [-0.4, -0.2) is 82.8 Å². The average Bonchev–Trinajstić information content (AvgIpc) is 3.57. The molecule has 54 heavy (non-hydrogen) atoms. The van der Waals surface area contributed by atoms with Gasteiger partial charge in [-0.25, -0.2) is 18.4 Å². The Hall–Kier alpha value is -5.02. The van der Waals surface area contributed by atoms with Crippen molar-refractivity contribution < 1.29 is 50.9 Å². The molecule has 7 rings (SSSR count). The number of carbonyl (C=O) groups is 2. The van der Waals surface area contributed by atoms with Crippen LogP contribution in [0.2, 0.25) is 0 Å². The predicted molar refractivity (Wildman–Crippen MR) is 188 cm³/mol. The molecule has 5 heterocycles. The first-order valence-corrected chi connectivity index (χ1v) is 18.0. The van der Waals surface area contributed by atoms with Gasteiger partial charge >= 0.3 is 24.4 Å². The third-order valence-electron chi connectivity index (χ3n) is 10.1. The number of alkyl halides is 3. The van der Waals surface area contributed by atoms with Gasteiger partial charge in [-0.15, -0.1) is 11.3 Å². The maximum Gasteiger partial charge on any atom is 0.417 e. The van der Waals surface area contributed by atoms with Gasteiger partial charge in [-0.05, 0) is 57.7 Å². The molecule has 18 heteroatoms. The predicted octanol–water partition coefficient (Wildman–Crippen LogP) is 8.16. The number of rotatable bonds is 7. The minimum Gasteiger partial charge on any atom is -0.465 e. The molecule has 3 fully saturated rings. The van der Waals surface area contributed by atoms with Crippen molar-refractivity contribution in [3.05, 3.63) is 41.0 Å². The number of benzene rings is 2. The van der Waals surface area contributed by atoms with Crippen LogP contribution >= 0.6 is 11.3 Å². The molecular formula is C36H35F5N6O6S. The molecule has 2 aromatic heterocycles. The van der Waals surface area contributed by atoms with Crippen molar-refractivity contribution in [2.75, 3.05) is 43.1 Å². The number of fused-ring (bicyclic) bond motifs is 4. The molecule has 2 N–H and O–H groups in total. The summed E-state index contributed by atoms with van der Waals surface area (Å²) in [6, 6.07) is 3.11. The lowest BCUT2D eigenvalue weighted by Gasteiger charge is -2.41. The minimum atomic E-state index is -5.18. The Bertz CT molecular complexity index is 2210. The van der Waals surface area contributed by atoms with E-state index >= 15 is 22.0 Å². The van der Waals surface area contributed by atoms with E-state index in [1.807, 2.05) is 13.0 Å². The third kappa shape index (κ3) is 6.57. The van der Waals surface area contributed by atoms with Crippen LogP contribution in [0.3, 0.4) is 0 Å². The molecule has 2 unspecified atom stereocenters. The van der Waals surface area contributed by atoms with Crippen LogP contribution < -0.4 is 15.0 Å². The van der Waals surface area contributed by atoms with Gasteiger partial charge in [0.25, 0.3) is 0 Å². The van der Waals surface area contributed by atoms with E-state index in [4.69, 9.17) is 14.2 Å². The molecule has 286 valence electrons. The molecule has 3 saturated heterocycles. The van der Waals surface area contributed by atoms with Crippen LogP contribution in [0.25, 0.3) is 32.1 Å². The standard InChI is InChI=1S/C36H35F5N6O6S/c1-5-35(14-51-15-35)16-52-31-43-27-20(29(44-31)46-12-17-6-7-18(13-46)47(17)33(49)50)10-22(36(39,40)41)25(26(27)38)19-8-9-23(37)28-24(19)21(11-42)30(54-28)45-32(48)53-34(2,3)4/h8-10,17-18H,5-7,12-16H2,1-4H3,(H,45,48)(H,49,50). The highest BCUT2D eigenvalue weighted by molar-refractivity contribution is 7.23. The van der Waals surface area contributed by atoms with E-state index in [1.165, 1.54) is 4.90 Å². The van der Waals surface area contributed by atoms with Gasteiger partial charge in [0.2, 0.25) is 0 Å². The van der Waals surface area contributed by atoms with Gasteiger partial charge < -0.3 is 24.2 Å². The summed E-state index contributed by atoms with van der Waals surface area (Å²) in [6.45, 7) is 7.75. The number of ether oxygens (including phenoxy) is 3. The number of aromatic nitrogens is 2. The van der Waals surface area contributed by atoms with Crippen LogP contribution in [0.5, 0.6) is 6.01 Å². The van der Waals surface area contributed by atoms with Gasteiger partial charge in [0.15, 0.2) is 5.82 Å². The molecule has 2 aromatic carbocycles. The van der Waals surface area contributed by atoms with Crippen molar-refractivity contribution in [1.29, 1.82) is 5.26 Å². The Morgan fingerprint density at radius 1 is 1.15 bits per heavy atom. The highest BCUT2D eigenvalue weighted by atomic mass is 32.1. The zero-order valence-corrected chi connectivity index (χ0v) is 30.4. The Labute approximate surface area is 309 Å². The first-order chi connectivity index (χ1) is 25.4. The Morgan fingerprint density at radius 3 is 2.39 bits per heavy atom. The topological polar surface area (TPSA) is 150 Å². The largest absolute Gasteiger partial charge is 0.465 e. The number of carbonyl (C=O) groups excluding carboxylic acids is 1. The Kier molecular flexibility index (Phi) is 9.24. The summed E-state index contributed by atoms with van der Waals surface area (Å²) in [6.07, 6.45) is -5.56. The van der Waals surface area contributed by atoms with Crippen molar-refractivity contribution in [2.24, 2.45) is 5.41 Å². The SMILES string of the molecule is CCC1(COc2nc(N3CC4CCC(C3)N4C(=O)O)c3cc(C(F)(F)F)c(-c4ccc(F)c5sc(NC(=O)OC(C)(C)C)c(C#N)c45)c(F)c3n2)COC1. The van der Waals surface area contributed by atoms with Gasteiger partial charge in [-0.2, -0.15) is 28.4 Å². The first kappa shape index (κ1) is 37.3. The zero-order chi connectivity index (χ0) is 38.9. The van der Waals surface area contributed by atoms with Crippen LogP contribution in [0.15, 0.2) is 18.2 Å². The molecule has 0 spiro atoms. The van der Waals surface area contributed by atoms with Crippen LogP contribution in [0.1, 0.15) is 58.1 Å². The number of halogens is 5. The van der Waals surface area contributed by atoms with E-state index < -0.39 is 75.5 Å². The number of hydrogen-bond donors (Lipinski definition) is 2. The molecule has 4 aromatic rings. The number of nitrogens with zero attached hydrogens (tertiary/aromatic N) is 5. The van der Waals surface area contributed by atoms with Crippen LogP contribution in [-0.2, 0) is 15.7 Å². The van der Waals surface area contributed by atoms with Gasteiger partial charge in [-0.1, -0.05) is 13.0 Å². The zero-order valence-electron chi connectivity index (χ0n) is 29.6. The third-order valence-corrected chi connectivity index (χ3v) is 11.2. The first-order valence-electron chi connectivity index (χ1n) is 17.2. The number of thiophene rings is 1. The molecule has 2 amide bonds. The van der Waals surface area contributed by atoms with E-state index in [9.17, 15) is 20.0 Å². The monoisotopic (exact) mass is 774 g/mol. The molecule has 2 bridgehead atoms. The van der Waals surface area contributed by atoms with Gasteiger partial charge in [0.05, 0.1) is 46.5 Å². The molecule has 2 atom stereocenters. The minimum absolute atomic E-state index is 0.0651. The summed E-state index contributed by atoms with van der Waals surface area (Å²) in [5.41, 5.74) is -5.15. The fraction of sp³-hybridized carbons (Fsp3) is 0.472. The van der Waals surface area contributed by atoms with Gasteiger partial charge in [0, 0.05) is 29.4 Å². The van der Waals surface area contributed by atoms with Crippen LogP contribution in [0.4, 0.5) is 42.4 Å². The van der Waals surface area contributed by atoms with Crippen molar-refractivity contribution in [3.8, 4) is 23.2 Å². The summed E-state index contributed by atoms with van der Waals surface area (Å²) in [7, 11) is 0. The number of amides is 2. The smallest absolute Gasteiger partial charge is 0.417 e. The summed E-state index contributed by atoms with van der Waals surface area (Å²) >= 11 is 0.590. The maximum atomic E-state index is 17.3. The lowest BCUT2D eigenvalue weighted by atomic mass is 9.84. The highest BCUT2D eigenvalue weighted by Crippen LogP contribution is 2.49. The number of anilines is 2. The van der Waals surface area contributed by atoms with E-state index in [0.29, 0.717) is 43.8 Å². The highest BCUT2D eigenvalue weighted by Gasteiger charge is 2.45. The van der Waals surface area contributed by atoms with Gasteiger partial charge in [0.1, 0.15) is 40.4 Å². The average molecular weight is 775 g/mol. The van der Waals surface area contributed by atoms with E-state index in [1.54, 1.807) is 25.7 Å². The lowest BCUT2D eigenvalue weighted by molar-refractivity contribution is -0.137. The second kappa shape index (κ2) is 13.4. The van der Waals surface area contributed by atoms with E-state index in [0.717, 1.165) is 18.2 Å². The molecule has 3 aliphatic heterocycles. The van der Waals surface area contributed by atoms with Crippen molar-refractivity contribution in [1.82, 2.24) is 14.9 Å². The number of nitriles is 1. The Balaban J connectivity index is 1.44. The molecular weight excluding hydrogens is 739 g/mol. The number of carboxylic acid groups (broad SMARTS) is 1. The molecule has 0 saturated carbocycles. The second-order valence-corrected chi connectivity index (χ2v) is 15.8. The maximum absolute atomic E-state index is 17.3. The van der Waals surface area contributed by atoms with Crippen molar-refractivity contribution >= 4 is 55.3 Å². The lowest BCUT2D eigenvalue weighted by Crippen LogP contribution is -2.55. The molecule has 0 aliphatic carbocycles. The second-order valence-electron chi connectivity index (χ2n) is 14.8. The summed E-state index contributed by atoms with van der Waals surface area (Å²) in [5, 5.41) is 21.5. The summed E-state index contributed by atoms with van der Waals surface area (Å²) in [4.78, 5) is 36.4. The number of hydrogen-bond acceptors (Lipinski definition) is 10. The molecule has 12 nitrogen and oxygen atoms in total. The molecule has 3 aliphatic rings. The normalized spacial score (nSPS) is 19.5. The number of nitrogens with one attached hydrogen (secondary N) is 1. The summed E-state index contributed by atoms with van der Waals surface area (Å²) in [5.74, 6) is -2.41. The van der Waals surface area contributed by atoms with Crippen LogP contribution in [0, 0.1) is 28.4 Å². The van der Waals surface area contributed by atoms with Crippen molar-refractivity contribution in [3.63, 3.8) is 0 Å². The molecule has 0 radical (unpaired) electrons. The summed E-state index contributed by atoms with van der Waals surface area (Å²) < 4.78 is 94.4.